The molecule has 120 valence electrons. The first-order valence-electron chi connectivity index (χ1n) is 7.62. The van der Waals surface area contributed by atoms with Crippen LogP contribution in [-0.2, 0) is 6.54 Å². The zero-order valence-electron chi connectivity index (χ0n) is 13.4. The molecule has 0 saturated heterocycles. The minimum Gasteiger partial charge on any atom is -0.358 e. The van der Waals surface area contributed by atoms with Crippen LogP contribution in [0.15, 0.2) is 30.3 Å². The van der Waals surface area contributed by atoms with Crippen molar-refractivity contribution in [2.75, 3.05) is 6.54 Å². The first-order chi connectivity index (χ1) is 11.0. The third kappa shape index (κ3) is 3.14. The van der Waals surface area contributed by atoms with Gasteiger partial charge in [-0.15, -0.1) is 11.3 Å². The van der Waals surface area contributed by atoms with E-state index in [1.54, 1.807) is 0 Å². The molecule has 0 fully saturated rings. The monoisotopic (exact) mass is 346 g/mol. The molecule has 0 atom stereocenters. The summed E-state index contributed by atoms with van der Waals surface area (Å²) in [6, 6.07) is 9.72. The number of halogens is 1. The predicted octanol–water partition coefficient (Wildman–Crippen LogP) is 5.16. The first-order valence-corrected chi connectivity index (χ1v) is 8.81. The molecule has 0 aliphatic carbocycles. The van der Waals surface area contributed by atoms with Gasteiger partial charge in [-0.25, -0.2) is 0 Å². The van der Waals surface area contributed by atoms with Crippen molar-refractivity contribution >= 4 is 39.7 Å². The van der Waals surface area contributed by atoms with Gasteiger partial charge in [0.15, 0.2) is 0 Å². The lowest BCUT2D eigenvalue weighted by molar-refractivity contribution is 0.0754. The molecule has 0 saturated carbocycles. The van der Waals surface area contributed by atoms with Gasteiger partial charge in [-0.3, -0.25) is 4.79 Å². The molecular weight excluding hydrogens is 328 g/mol. The summed E-state index contributed by atoms with van der Waals surface area (Å²) in [5.74, 6) is 0.0529. The Kier molecular flexibility index (Phi) is 4.46. The van der Waals surface area contributed by atoms with E-state index in [4.69, 9.17) is 11.6 Å². The van der Waals surface area contributed by atoms with E-state index < -0.39 is 0 Å². The summed E-state index contributed by atoms with van der Waals surface area (Å²) in [5, 5.41) is 1.11. The number of nitrogens with one attached hydrogen (secondary N) is 1. The fourth-order valence-corrected chi connectivity index (χ4v) is 3.83. The molecule has 3 aromatic rings. The number of benzene rings is 1. The highest BCUT2D eigenvalue weighted by molar-refractivity contribution is 7.16. The molecule has 2 heterocycles. The molecule has 5 heteroatoms. The molecule has 3 rings (SSSR count). The van der Waals surface area contributed by atoms with Gasteiger partial charge in [0, 0.05) is 33.6 Å². The summed E-state index contributed by atoms with van der Waals surface area (Å²) in [4.78, 5) is 19.1. The molecule has 0 aliphatic rings. The normalized spacial score (nSPS) is 11.1. The smallest absolute Gasteiger partial charge is 0.254 e. The Hall–Kier alpha value is -1.78. The third-order valence-electron chi connectivity index (χ3n) is 4.20. The number of thiophene rings is 1. The van der Waals surface area contributed by atoms with E-state index in [1.807, 2.05) is 42.2 Å². The molecule has 0 aliphatic heterocycles. The predicted molar refractivity (Wildman–Crippen MR) is 97.5 cm³/mol. The third-order valence-corrected chi connectivity index (χ3v) is 5.42. The number of rotatable bonds is 4. The second kappa shape index (κ2) is 6.38. The van der Waals surface area contributed by atoms with Crippen molar-refractivity contribution in [2.45, 2.75) is 27.3 Å². The number of carbonyl (C=O) groups is 1. The quantitative estimate of drug-likeness (QED) is 0.695. The summed E-state index contributed by atoms with van der Waals surface area (Å²) < 4.78 is 0.753. The second-order valence-electron chi connectivity index (χ2n) is 5.66. The van der Waals surface area contributed by atoms with Crippen LogP contribution in [0.2, 0.25) is 4.34 Å². The van der Waals surface area contributed by atoms with Gasteiger partial charge in [-0.1, -0.05) is 11.6 Å². The minimum atomic E-state index is 0.0529. The molecule has 0 unspecified atom stereocenters. The fourth-order valence-electron chi connectivity index (χ4n) is 2.73. The lowest BCUT2D eigenvalue weighted by atomic mass is 10.1. The molecular formula is C18H19ClN2OS. The molecule has 0 radical (unpaired) electrons. The summed E-state index contributed by atoms with van der Waals surface area (Å²) in [6.45, 7) is 7.38. The number of fused-ring (bicyclic) bond motifs is 1. The van der Waals surface area contributed by atoms with Gasteiger partial charge in [-0.2, -0.15) is 0 Å². The van der Waals surface area contributed by atoms with Crippen molar-refractivity contribution in [1.29, 1.82) is 0 Å². The number of amides is 1. The van der Waals surface area contributed by atoms with E-state index in [-0.39, 0.29) is 5.91 Å². The SMILES string of the molecule is CCN(Cc1ccc(Cl)s1)C(=O)c1ccc2[nH]c(C)c(C)c2c1. The van der Waals surface area contributed by atoms with Crippen molar-refractivity contribution in [3.63, 3.8) is 0 Å². The molecule has 1 N–H and O–H groups in total. The zero-order chi connectivity index (χ0) is 16.6. The number of aryl methyl sites for hydroxylation is 2. The van der Waals surface area contributed by atoms with Gasteiger partial charge < -0.3 is 9.88 Å². The van der Waals surface area contributed by atoms with Crippen LogP contribution in [0.25, 0.3) is 10.9 Å². The maximum atomic E-state index is 12.8. The molecule has 0 spiro atoms. The number of aromatic amines is 1. The van der Waals surface area contributed by atoms with E-state index in [1.165, 1.54) is 16.9 Å². The topological polar surface area (TPSA) is 36.1 Å². The molecule has 1 amide bonds. The summed E-state index contributed by atoms with van der Waals surface area (Å²) in [5.41, 5.74) is 4.14. The van der Waals surface area contributed by atoms with Gasteiger partial charge in [0.05, 0.1) is 10.9 Å². The standard InChI is InChI=1S/C18H19ClN2OS/c1-4-21(10-14-6-8-17(19)23-14)18(22)13-5-7-16-15(9-13)11(2)12(3)20-16/h5-9,20H,4,10H2,1-3H3. The van der Waals surface area contributed by atoms with Crippen molar-refractivity contribution in [3.05, 3.63) is 56.4 Å². The number of nitrogens with zero attached hydrogens (tertiary/aromatic N) is 1. The van der Waals surface area contributed by atoms with Gasteiger partial charge in [0.25, 0.3) is 5.91 Å². The average Bonchev–Trinajstić information content (AvgIpc) is 3.08. The highest BCUT2D eigenvalue weighted by atomic mass is 35.5. The van der Waals surface area contributed by atoms with Crippen LogP contribution in [0, 0.1) is 13.8 Å². The van der Waals surface area contributed by atoms with Gasteiger partial charge >= 0.3 is 0 Å². The first kappa shape index (κ1) is 16.1. The van der Waals surface area contributed by atoms with E-state index in [9.17, 15) is 4.79 Å². The number of aromatic nitrogens is 1. The van der Waals surface area contributed by atoms with Gasteiger partial charge in [0.1, 0.15) is 0 Å². The number of H-pyrrole nitrogens is 1. The maximum absolute atomic E-state index is 12.8. The summed E-state index contributed by atoms with van der Waals surface area (Å²) in [7, 11) is 0. The number of carbonyl (C=O) groups excluding carboxylic acids is 1. The Labute approximate surface area is 144 Å². The van der Waals surface area contributed by atoms with Gasteiger partial charge in [0.2, 0.25) is 0 Å². The van der Waals surface area contributed by atoms with Crippen molar-refractivity contribution in [1.82, 2.24) is 9.88 Å². The van der Waals surface area contributed by atoms with E-state index >= 15 is 0 Å². The molecule has 0 bridgehead atoms. The Morgan fingerprint density at radius 2 is 2.04 bits per heavy atom. The second-order valence-corrected chi connectivity index (χ2v) is 7.46. The van der Waals surface area contributed by atoms with E-state index in [0.717, 1.165) is 31.4 Å². The van der Waals surface area contributed by atoms with Crippen molar-refractivity contribution in [2.24, 2.45) is 0 Å². The summed E-state index contributed by atoms with van der Waals surface area (Å²) in [6.07, 6.45) is 0. The van der Waals surface area contributed by atoms with Crippen LogP contribution in [0.5, 0.6) is 0 Å². The Balaban J connectivity index is 1.89. The zero-order valence-corrected chi connectivity index (χ0v) is 15.0. The van der Waals surface area contributed by atoms with Crippen LogP contribution in [0.1, 0.15) is 33.4 Å². The minimum absolute atomic E-state index is 0.0529. The van der Waals surface area contributed by atoms with Crippen LogP contribution in [0.4, 0.5) is 0 Å². The molecule has 23 heavy (non-hydrogen) atoms. The van der Waals surface area contributed by atoms with E-state index in [2.05, 4.69) is 18.8 Å². The largest absolute Gasteiger partial charge is 0.358 e. The fraction of sp³-hybridized carbons (Fsp3) is 0.278. The number of hydrogen-bond donors (Lipinski definition) is 1. The van der Waals surface area contributed by atoms with Crippen LogP contribution < -0.4 is 0 Å². The van der Waals surface area contributed by atoms with E-state index in [0.29, 0.717) is 13.1 Å². The van der Waals surface area contributed by atoms with Crippen molar-refractivity contribution < 1.29 is 4.79 Å². The lowest BCUT2D eigenvalue weighted by Crippen LogP contribution is -2.29. The summed E-state index contributed by atoms with van der Waals surface area (Å²) >= 11 is 7.50. The Bertz CT molecular complexity index is 865. The number of hydrogen-bond acceptors (Lipinski definition) is 2. The molecule has 2 aromatic heterocycles. The Morgan fingerprint density at radius 3 is 2.70 bits per heavy atom. The highest BCUT2D eigenvalue weighted by Crippen LogP contribution is 2.25. The van der Waals surface area contributed by atoms with Gasteiger partial charge in [-0.05, 0) is 56.7 Å². The van der Waals surface area contributed by atoms with Crippen LogP contribution >= 0.6 is 22.9 Å². The average molecular weight is 347 g/mol. The van der Waals surface area contributed by atoms with Crippen LogP contribution in [-0.4, -0.2) is 22.3 Å². The lowest BCUT2D eigenvalue weighted by Gasteiger charge is -2.20. The van der Waals surface area contributed by atoms with Crippen molar-refractivity contribution in [3.8, 4) is 0 Å². The molecule has 3 nitrogen and oxygen atoms in total. The highest BCUT2D eigenvalue weighted by Gasteiger charge is 2.17. The van der Waals surface area contributed by atoms with Crippen LogP contribution in [0.3, 0.4) is 0 Å². The Morgan fingerprint density at radius 1 is 1.26 bits per heavy atom. The molecule has 1 aromatic carbocycles. The maximum Gasteiger partial charge on any atom is 0.254 e.